The molecule has 2 aliphatic rings. The molecule has 1 fully saturated rings. The molecule has 1 unspecified atom stereocenters. The normalized spacial score (nSPS) is 19.2. The number of halogens is 3. The van der Waals surface area contributed by atoms with Gasteiger partial charge in [0.15, 0.2) is 0 Å². The van der Waals surface area contributed by atoms with Gasteiger partial charge in [0, 0.05) is 54.1 Å². The molecule has 37 heavy (non-hydrogen) atoms. The van der Waals surface area contributed by atoms with Crippen LogP contribution in [-0.4, -0.2) is 24.3 Å². The number of hydrogen-bond donors (Lipinski definition) is 2. The molecule has 4 nitrogen and oxygen atoms in total. The molecular weight excluding hydrogens is 473 g/mol. The van der Waals surface area contributed by atoms with E-state index in [0.29, 0.717) is 37.3 Å². The highest BCUT2D eigenvalue weighted by Gasteiger charge is 2.45. The Morgan fingerprint density at radius 3 is 2.46 bits per heavy atom. The minimum atomic E-state index is -0.636. The first-order valence-electron chi connectivity index (χ1n) is 12.1. The van der Waals surface area contributed by atoms with E-state index < -0.39 is 17.0 Å². The van der Waals surface area contributed by atoms with E-state index in [-0.39, 0.29) is 5.82 Å². The average Bonchev–Trinajstić information content (AvgIpc) is 2.88. The van der Waals surface area contributed by atoms with Crippen LogP contribution in [0.4, 0.5) is 24.5 Å². The average molecular weight is 501 g/mol. The molecule has 1 aliphatic carbocycles. The molecule has 1 aromatic heterocycles. The fraction of sp³-hybridized carbons (Fsp3) is 0.200. The van der Waals surface area contributed by atoms with E-state index in [0.717, 1.165) is 39.7 Å². The fourth-order valence-electron chi connectivity index (χ4n) is 5.29. The van der Waals surface area contributed by atoms with Crippen LogP contribution in [0.15, 0.2) is 90.3 Å². The van der Waals surface area contributed by atoms with Gasteiger partial charge < -0.3 is 15.6 Å². The van der Waals surface area contributed by atoms with Crippen molar-refractivity contribution in [3.63, 3.8) is 0 Å². The van der Waals surface area contributed by atoms with E-state index in [1.807, 2.05) is 30.0 Å². The maximum absolute atomic E-state index is 14.1. The van der Waals surface area contributed by atoms with E-state index in [4.69, 9.17) is 5.41 Å². The lowest BCUT2D eigenvalue weighted by molar-refractivity contribution is 0.412. The Hall–Kier alpha value is -4.13. The van der Waals surface area contributed by atoms with E-state index in [2.05, 4.69) is 16.9 Å². The summed E-state index contributed by atoms with van der Waals surface area (Å²) in [6, 6.07) is 13.5. The standard InChI is InChI=1S/C30H27F3N4/c1-19-7-9-35-28(11-19)20(2)30-16-21(17-34)29(36-26-5-3-23(31)4-6-26)12-22(30)8-10-37(18-30)27-14-24(32)13-25(33)15-27/h3-7,9,11-15,17,34,36H,2,8,10,16,18H2,1H3. The highest BCUT2D eigenvalue weighted by atomic mass is 19.1. The SMILES string of the molecule is C=C(c1cc(C)ccn1)C12CC(C=N)=C(Nc3ccc(F)cc3)C=C1CCN(c1cc(F)cc(F)c1)C2. The minimum Gasteiger partial charge on any atom is -0.370 e. The highest BCUT2D eigenvalue weighted by Crippen LogP contribution is 2.52. The highest BCUT2D eigenvalue weighted by molar-refractivity contribution is 5.84. The molecule has 1 aliphatic heterocycles. The zero-order valence-corrected chi connectivity index (χ0v) is 20.5. The lowest BCUT2D eigenvalue weighted by Crippen LogP contribution is -2.47. The van der Waals surface area contributed by atoms with Gasteiger partial charge in [-0.15, -0.1) is 0 Å². The first-order valence-corrected chi connectivity index (χ1v) is 12.1. The van der Waals surface area contributed by atoms with E-state index in [9.17, 15) is 13.2 Å². The van der Waals surface area contributed by atoms with Gasteiger partial charge in [-0.25, -0.2) is 13.2 Å². The predicted molar refractivity (Wildman–Crippen MR) is 142 cm³/mol. The molecule has 0 radical (unpaired) electrons. The summed E-state index contributed by atoms with van der Waals surface area (Å²) in [6.07, 6.45) is 6.18. The number of allylic oxidation sites excluding steroid dienone is 2. The van der Waals surface area contributed by atoms with Crippen LogP contribution in [0.25, 0.3) is 5.57 Å². The number of nitrogens with zero attached hydrogens (tertiary/aromatic N) is 2. The third-order valence-electron chi connectivity index (χ3n) is 7.20. The van der Waals surface area contributed by atoms with Gasteiger partial charge in [-0.2, -0.15) is 0 Å². The summed E-state index contributed by atoms with van der Waals surface area (Å²) < 4.78 is 41.6. The third kappa shape index (κ3) is 4.81. The number of piperidine rings is 1. The topological polar surface area (TPSA) is 52.0 Å². The van der Waals surface area contributed by atoms with Gasteiger partial charge in [-0.05, 0) is 91.1 Å². The number of aryl methyl sites for hydroxylation is 1. The van der Waals surface area contributed by atoms with Gasteiger partial charge in [0.2, 0.25) is 0 Å². The Labute approximate surface area is 214 Å². The molecule has 3 aromatic rings. The van der Waals surface area contributed by atoms with Gasteiger partial charge in [-0.1, -0.05) is 12.2 Å². The molecule has 5 rings (SSSR count). The second kappa shape index (κ2) is 9.73. The Bertz CT molecular complexity index is 1420. The molecule has 188 valence electrons. The lowest BCUT2D eigenvalue weighted by Gasteiger charge is -2.49. The van der Waals surface area contributed by atoms with Crippen molar-refractivity contribution in [3.05, 3.63) is 119 Å². The second-order valence-corrected chi connectivity index (χ2v) is 9.64. The Morgan fingerprint density at radius 1 is 1.05 bits per heavy atom. The molecule has 7 heteroatoms. The number of pyridine rings is 1. The predicted octanol–water partition coefficient (Wildman–Crippen LogP) is 7.06. The van der Waals surface area contributed by atoms with Crippen LogP contribution < -0.4 is 10.2 Å². The van der Waals surface area contributed by atoms with Crippen LogP contribution in [-0.2, 0) is 0 Å². The molecule has 2 heterocycles. The van der Waals surface area contributed by atoms with Crippen molar-refractivity contribution in [2.75, 3.05) is 23.3 Å². The van der Waals surface area contributed by atoms with Crippen molar-refractivity contribution in [2.45, 2.75) is 19.8 Å². The zero-order valence-electron chi connectivity index (χ0n) is 20.5. The third-order valence-corrected chi connectivity index (χ3v) is 7.20. The van der Waals surface area contributed by atoms with Crippen LogP contribution in [0.5, 0.6) is 0 Å². The number of benzene rings is 2. The number of hydrogen-bond acceptors (Lipinski definition) is 4. The van der Waals surface area contributed by atoms with Crippen molar-refractivity contribution in [3.8, 4) is 0 Å². The molecule has 0 amide bonds. The van der Waals surface area contributed by atoms with Crippen molar-refractivity contribution >= 4 is 23.2 Å². The van der Waals surface area contributed by atoms with E-state index in [1.165, 1.54) is 30.5 Å². The molecular formula is C30H27F3N4. The van der Waals surface area contributed by atoms with Gasteiger partial charge in [0.05, 0.1) is 5.69 Å². The first-order chi connectivity index (χ1) is 17.8. The van der Waals surface area contributed by atoms with Gasteiger partial charge in [-0.3, -0.25) is 4.98 Å². The minimum absolute atomic E-state index is 0.323. The summed E-state index contributed by atoms with van der Waals surface area (Å²) in [4.78, 5) is 6.56. The molecule has 0 saturated carbocycles. The smallest absolute Gasteiger partial charge is 0.128 e. The summed E-state index contributed by atoms with van der Waals surface area (Å²) in [6.45, 7) is 7.46. The summed E-state index contributed by atoms with van der Waals surface area (Å²) in [5.74, 6) is -1.57. The number of nitrogens with one attached hydrogen (secondary N) is 2. The van der Waals surface area contributed by atoms with Gasteiger partial charge in [0.1, 0.15) is 17.5 Å². The molecule has 1 atom stereocenters. The summed E-state index contributed by atoms with van der Waals surface area (Å²) in [5, 5.41) is 11.5. The van der Waals surface area contributed by atoms with Crippen LogP contribution in [0.2, 0.25) is 0 Å². The van der Waals surface area contributed by atoms with Crippen LogP contribution in [0.3, 0.4) is 0 Å². The van der Waals surface area contributed by atoms with Crippen LogP contribution >= 0.6 is 0 Å². The van der Waals surface area contributed by atoms with Gasteiger partial charge >= 0.3 is 0 Å². The van der Waals surface area contributed by atoms with Crippen LogP contribution in [0.1, 0.15) is 24.1 Å². The number of anilines is 2. The molecule has 2 aromatic carbocycles. The van der Waals surface area contributed by atoms with Crippen molar-refractivity contribution in [1.82, 2.24) is 4.98 Å². The maximum atomic E-state index is 14.1. The number of fused-ring (bicyclic) bond motifs is 1. The zero-order chi connectivity index (χ0) is 26.2. The largest absolute Gasteiger partial charge is 0.370 e. The maximum Gasteiger partial charge on any atom is 0.128 e. The summed E-state index contributed by atoms with van der Waals surface area (Å²) in [7, 11) is 0. The fourth-order valence-corrected chi connectivity index (χ4v) is 5.29. The van der Waals surface area contributed by atoms with Crippen LogP contribution in [0, 0.1) is 35.2 Å². The molecule has 0 bridgehead atoms. The van der Waals surface area contributed by atoms with Crippen molar-refractivity contribution in [1.29, 1.82) is 5.41 Å². The number of rotatable bonds is 6. The Balaban J connectivity index is 1.58. The second-order valence-electron chi connectivity index (χ2n) is 9.64. The van der Waals surface area contributed by atoms with Gasteiger partial charge in [0.25, 0.3) is 0 Å². The lowest BCUT2D eigenvalue weighted by atomic mass is 9.63. The Kier molecular flexibility index (Phi) is 6.46. The van der Waals surface area contributed by atoms with E-state index >= 15 is 0 Å². The summed E-state index contributed by atoms with van der Waals surface area (Å²) in [5.41, 5.74) is 5.75. The van der Waals surface area contributed by atoms with Crippen molar-refractivity contribution < 1.29 is 13.2 Å². The molecule has 0 spiro atoms. The molecule has 2 N–H and O–H groups in total. The quantitative estimate of drug-likeness (QED) is 0.356. The van der Waals surface area contributed by atoms with E-state index in [1.54, 1.807) is 18.3 Å². The Morgan fingerprint density at radius 2 is 1.78 bits per heavy atom. The summed E-state index contributed by atoms with van der Waals surface area (Å²) >= 11 is 0. The monoisotopic (exact) mass is 500 g/mol. The van der Waals surface area contributed by atoms with Crippen molar-refractivity contribution in [2.24, 2.45) is 5.41 Å². The number of aromatic nitrogens is 1. The first kappa shape index (κ1) is 24.6. The molecule has 1 saturated heterocycles.